The van der Waals surface area contributed by atoms with E-state index in [1.54, 1.807) is 24.3 Å². The van der Waals surface area contributed by atoms with Crippen molar-refractivity contribution in [1.82, 2.24) is 19.9 Å². The largest absolute Gasteiger partial charge is 0.478 e. The Hall–Kier alpha value is -8.64. The van der Waals surface area contributed by atoms with E-state index in [1.807, 2.05) is 121 Å². The number of carbonyl (C=O) groups is 4. The highest BCUT2D eigenvalue weighted by Gasteiger charge is 2.20. The van der Waals surface area contributed by atoms with Gasteiger partial charge in [-0.05, 0) is 119 Å². The summed E-state index contributed by atoms with van der Waals surface area (Å²) in [5.41, 5.74) is 14.3. The van der Waals surface area contributed by atoms with Crippen LogP contribution in [0.1, 0.15) is 53.9 Å². The van der Waals surface area contributed by atoms with Crippen LogP contribution in [0.4, 0.5) is 17.1 Å². The number of amides is 3. The van der Waals surface area contributed by atoms with Crippen LogP contribution < -0.4 is 16.0 Å². The molecule has 2 aliphatic heterocycles. The van der Waals surface area contributed by atoms with Gasteiger partial charge in [-0.15, -0.1) is 0 Å². The molecule has 2 aliphatic rings. The molecule has 0 spiro atoms. The van der Waals surface area contributed by atoms with Gasteiger partial charge in [0.05, 0.1) is 28.3 Å². The molecule has 0 aliphatic carbocycles. The third-order valence-electron chi connectivity index (χ3n) is 10.7. The van der Waals surface area contributed by atoms with E-state index in [4.69, 9.17) is 9.97 Å². The smallest absolute Gasteiger partial charge is 0.335 e. The van der Waals surface area contributed by atoms with Crippen molar-refractivity contribution in [2.75, 3.05) is 16.0 Å². The van der Waals surface area contributed by atoms with Gasteiger partial charge in [0.2, 0.25) is 17.7 Å². The number of carbonyl (C=O) groups excluding carboxylic acids is 3. The van der Waals surface area contributed by atoms with Crippen LogP contribution in [-0.4, -0.2) is 48.7 Å². The zero-order chi connectivity index (χ0) is 43.8. The van der Waals surface area contributed by atoms with E-state index < -0.39 is 5.97 Å². The van der Waals surface area contributed by atoms with Crippen LogP contribution in [0, 0.1) is 0 Å². The average Bonchev–Trinajstić information content (AvgIpc) is 4.10. The standard InChI is InChI=1S/C51H39N7O5/c1-28(59)52-36-14-8-32(9-15-36)48-41-22-20-39(55-41)47(31-4-6-35(7-5-31)51(62)63)40-21-23-42(56-40)49(33-10-16-37(17-11-33)53-29(2)60)44-25-27-46(58-44)50(45-26-24-43(48)57-45)34-12-18-38(19-13-34)54-30(3)61/h4-27,55,58H,1-3H3,(H,52,59)(H,53,60)(H,54,61)(H,62,63). The second kappa shape index (κ2) is 16.4. The van der Waals surface area contributed by atoms with E-state index in [2.05, 4.69) is 25.9 Å². The second-order valence-corrected chi connectivity index (χ2v) is 15.2. The number of carboxylic acid groups (broad SMARTS) is 1. The van der Waals surface area contributed by atoms with Crippen molar-refractivity contribution < 1.29 is 24.3 Å². The minimum atomic E-state index is -1.03. The van der Waals surface area contributed by atoms with Crippen LogP contribution >= 0.6 is 0 Å². The molecule has 5 heterocycles. The van der Waals surface area contributed by atoms with Crippen LogP contribution in [0.2, 0.25) is 0 Å². The Morgan fingerprint density at radius 1 is 0.397 bits per heavy atom. The molecule has 0 radical (unpaired) electrons. The Balaban J connectivity index is 1.39. The van der Waals surface area contributed by atoms with Gasteiger partial charge in [0.25, 0.3) is 0 Å². The predicted molar refractivity (Wildman–Crippen MR) is 250 cm³/mol. The summed E-state index contributed by atoms with van der Waals surface area (Å²) in [6.45, 7) is 4.40. The van der Waals surface area contributed by atoms with Crippen molar-refractivity contribution in [1.29, 1.82) is 0 Å². The summed E-state index contributed by atoms with van der Waals surface area (Å²) >= 11 is 0. The molecule has 0 fully saturated rings. The monoisotopic (exact) mass is 829 g/mol. The zero-order valence-corrected chi connectivity index (χ0v) is 34.3. The first kappa shape index (κ1) is 39.8. The molecule has 8 bridgehead atoms. The normalized spacial score (nSPS) is 11.6. The maximum Gasteiger partial charge on any atom is 0.335 e. The van der Waals surface area contributed by atoms with Gasteiger partial charge >= 0.3 is 5.97 Å². The highest BCUT2D eigenvalue weighted by atomic mass is 16.4. The number of aromatic nitrogens is 4. The Labute approximate surface area is 361 Å². The van der Waals surface area contributed by atoms with E-state index in [9.17, 15) is 24.3 Å². The van der Waals surface area contributed by atoms with Crippen molar-refractivity contribution in [2.45, 2.75) is 20.8 Å². The molecule has 308 valence electrons. The average molecular weight is 830 g/mol. The van der Waals surface area contributed by atoms with E-state index in [1.165, 1.54) is 20.8 Å². The zero-order valence-electron chi connectivity index (χ0n) is 34.3. The molecule has 0 saturated carbocycles. The Kier molecular flexibility index (Phi) is 10.4. The van der Waals surface area contributed by atoms with Crippen LogP contribution in [0.25, 0.3) is 90.9 Å². The number of nitrogens with zero attached hydrogens (tertiary/aromatic N) is 2. The molecule has 6 N–H and O–H groups in total. The first-order chi connectivity index (χ1) is 30.5. The summed E-state index contributed by atoms with van der Waals surface area (Å²) in [4.78, 5) is 65.6. The van der Waals surface area contributed by atoms with E-state index in [0.717, 1.165) is 66.6 Å². The van der Waals surface area contributed by atoms with Gasteiger partial charge in [0.1, 0.15) is 0 Å². The number of carboxylic acids is 1. The van der Waals surface area contributed by atoms with E-state index in [0.29, 0.717) is 39.8 Å². The third kappa shape index (κ3) is 8.16. The first-order valence-electron chi connectivity index (χ1n) is 20.1. The summed E-state index contributed by atoms with van der Waals surface area (Å²) in [6.07, 6.45) is 7.88. The number of benzene rings is 4. The van der Waals surface area contributed by atoms with Crippen molar-refractivity contribution in [3.8, 4) is 44.5 Å². The van der Waals surface area contributed by atoms with Gasteiger partial charge in [0.15, 0.2) is 0 Å². The fourth-order valence-corrected chi connectivity index (χ4v) is 7.97. The highest BCUT2D eigenvalue weighted by Crippen LogP contribution is 2.39. The van der Waals surface area contributed by atoms with Crippen LogP contribution in [-0.2, 0) is 14.4 Å². The predicted octanol–water partition coefficient (Wildman–Crippen LogP) is 10.9. The molecule has 3 aromatic heterocycles. The number of aromatic carboxylic acids is 1. The number of aromatic amines is 2. The summed E-state index contributed by atoms with van der Waals surface area (Å²) < 4.78 is 0. The number of rotatable bonds is 8. The van der Waals surface area contributed by atoms with Gasteiger partial charge in [-0.3, -0.25) is 14.4 Å². The summed E-state index contributed by atoms with van der Waals surface area (Å²) in [5.74, 6) is -1.55. The molecule has 0 saturated heterocycles. The van der Waals surface area contributed by atoms with Crippen molar-refractivity contribution in [3.05, 3.63) is 150 Å². The topological polar surface area (TPSA) is 182 Å². The number of anilines is 3. The highest BCUT2D eigenvalue weighted by molar-refractivity contribution is 6.01. The van der Waals surface area contributed by atoms with Crippen molar-refractivity contribution in [3.63, 3.8) is 0 Å². The SMILES string of the molecule is CC(=O)Nc1ccc(-c2c3nc(c(-c4ccc(NC(C)=O)cc4)c4ccc([nH]4)c(-c4ccc(C(=O)O)cc4)c4nc(c(-c5ccc(NC(C)=O)cc5)c5ccc2[nH]5)C=C4)C=C3)cc1. The van der Waals surface area contributed by atoms with E-state index in [-0.39, 0.29) is 23.3 Å². The number of H-pyrrole nitrogens is 2. The number of fused-ring (bicyclic) bond motifs is 8. The molecule has 12 heteroatoms. The molecular formula is C51H39N7O5. The number of hydrogen-bond acceptors (Lipinski definition) is 6. The van der Waals surface area contributed by atoms with E-state index >= 15 is 0 Å². The van der Waals surface area contributed by atoms with Gasteiger partial charge in [0, 0.05) is 82.2 Å². The quantitative estimate of drug-likeness (QED) is 0.0881. The van der Waals surface area contributed by atoms with Crippen LogP contribution in [0.15, 0.2) is 121 Å². The summed E-state index contributed by atoms with van der Waals surface area (Å²) in [7, 11) is 0. The lowest BCUT2D eigenvalue weighted by Crippen LogP contribution is -2.05. The lowest BCUT2D eigenvalue weighted by Gasteiger charge is -2.09. The van der Waals surface area contributed by atoms with Crippen LogP contribution in [0.3, 0.4) is 0 Å². The van der Waals surface area contributed by atoms with Gasteiger partial charge < -0.3 is 31.0 Å². The van der Waals surface area contributed by atoms with Gasteiger partial charge in [-0.25, -0.2) is 14.8 Å². The molecule has 0 atom stereocenters. The Bertz CT molecular complexity index is 3170. The molecule has 7 aromatic rings. The molecule has 0 unspecified atom stereocenters. The minimum Gasteiger partial charge on any atom is -0.478 e. The maximum absolute atomic E-state index is 11.9. The number of nitrogens with one attached hydrogen (secondary N) is 5. The third-order valence-corrected chi connectivity index (χ3v) is 10.7. The molecule has 4 aromatic carbocycles. The summed E-state index contributed by atoms with van der Waals surface area (Å²) in [6, 6.07) is 37.5. The van der Waals surface area contributed by atoms with Crippen molar-refractivity contribution in [2.24, 2.45) is 0 Å². The lowest BCUT2D eigenvalue weighted by atomic mass is 10.0. The second-order valence-electron chi connectivity index (χ2n) is 15.2. The van der Waals surface area contributed by atoms with Gasteiger partial charge in [-0.1, -0.05) is 48.5 Å². The minimum absolute atomic E-state index is 0.160. The fourth-order valence-electron chi connectivity index (χ4n) is 7.97. The molecule has 12 nitrogen and oxygen atoms in total. The fraction of sp³-hybridized carbons (Fsp3) is 0.0588. The lowest BCUT2D eigenvalue weighted by molar-refractivity contribution is -0.115. The van der Waals surface area contributed by atoms with Gasteiger partial charge in [-0.2, -0.15) is 0 Å². The Morgan fingerprint density at radius 3 is 0.889 bits per heavy atom. The maximum atomic E-state index is 11.9. The molecule has 3 amide bonds. The molecule has 9 rings (SSSR count). The Morgan fingerprint density at radius 2 is 0.651 bits per heavy atom. The number of hydrogen-bond donors (Lipinski definition) is 6. The first-order valence-corrected chi connectivity index (χ1v) is 20.1. The summed E-state index contributed by atoms with van der Waals surface area (Å²) in [5, 5.41) is 18.3. The molecule has 63 heavy (non-hydrogen) atoms. The van der Waals surface area contributed by atoms with Crippen LogP contribution in [0.5, 0.6) is 0 Å². The molecular weight excluding hydrogens is 791 g/mol. The van der Waals surface area contributed by atoms with Crippen molar-refractivity contribution >= 4 is 87.1 Å².